The minimum absolute atomic E-state index is 0.00172. The fourth-order valence-corrected chi connectivity index (χ4v) is 4.15. The highest BCUT2D eigenvalue weighted by atomic mass is 35.5. The lowest BCUT2D eigenvalue weighted by molar-refractivity contribution is -0.137. The van der Waals surface area contributed by atoms with Gasteiger partial charge < -0.3 is 9.73 Å². The molecule has 1 N–H and O–H groups in total. The molecule has 5 nitrogen and oxygen atoms in total. The Balaban J connectivity index is 1.54. The molecule has 158 valence electrons. The maximum absolute atomic E-state index is 12.9. The van der Waals surface area contributed by atoms with Crippen LogP contribution in [0.5, 0.6) is 0 Å². The minimum Gasteiger partial charge on any atom is -0.465 e. The van der Waals surface area contributed by atoms with Crippen LogP contribution >= 0.6 is 35.6 Å². The van der Waals surface area contributed by atoms with Gasteiger partial charge in [0.05, 0.1) is 21.8 Å². The van der Waals surface area contributed by atoms with Crippen molar-refractivity contribution in [3.8, 4) is 0 Å². The summed E-state index contributed by atoms with van der Waals surface area (Å²) >= 11 is 11.9. The van der Waals surface area contributed by atoms with Crippen molar-refractivity contribution in [2.45, 2.75) is 19.0 Å². The standard InChI is InChI=1S/C19H14ClF3N2O3S2/c20-14-6-5-11(9-13(14)19(21,22)23)24-16(26)4-1-7-25-17(27)15(30-18(25)29)10-12-3-2-8-28-12/h2-3,5-6,8-10H,1,4,7H2,(H,24,26)/b15-10-. The molecular formula is C19H14ClF3N2O3S2. The Kier molecular flexibility index (Phi) is 6.89. The highest BCUT2D eigenvalue weighted by Gasteiger charge is 2.34. The first-order chi connectivity index (χ1) is 14.1. The number of hydrogen-bond acceptors (Lipinski definition) is 5. The summed E-state index contributed by atoms with van der Waals surface area (Å²) in [6.07, 6.45) is -1.26. The number of thiocarbonyl (C=S) groups is 1. The summed E-state index contributed by atoms with van der Waals surface area (Å²) in [6, 6.07) is 6.55. The van der Waals surface area contributed by atoms with Crippen LogP contribution in [0.1, 0.15) is 24.2 Å². The number of nitrogens with zero attached hydrogens (tertiary/aromatic N) is 1. The van der Waals surface area contributed by atoms with Gasteiger partial charge in [-0.1, -0.05) is 35.6 Å². The second-order valence-corrected chi connectivity index (χ2v) is 8.28. The molecule has 0 spiro atoms. The minimum atomic E-state index is -4.62. The predicted octanol–water partition coefficient (Wildman–Crippen LogP) is 5.57. The van der Waals surface area contributed by atoms with E-state index in [9.17, 15) is 22.8 Å². The number of carbonyl (C=O) groups excluding carboxylic acids is 2. The lowest BCUT2D eigenvalue weighted by Gasteiger charge is -2.14. The Labute approximate surface area is 184 Å². The van der Waals surface area contributed by atoms with E-state index in [1.54, 1.807) is 18.2 Å². The Morgan fingerprint density at radius 1 is 1.33 bits per heavy atom. The number of nitrogens with one attached hydrogen (secondary N) is 1. The molecule has 1 saturated heterocycles. The molecule has 1 fully saturated rings. The summed E-state index contributed by atoms with van der Waals surface area (Å²) < 4.78 is 44.3. The lowest BCUT2D eigenvalue weighted by Crippen LogP contribution is -2.29. The zero-order valence-electron chi connectivity index (χ0n) is 15.2. The molecular weight excluding hydrogens is 461 g/mol. The number of anilines is 1. The van der Waals surface area contributed by atoms with Crippen LogP contribution in [-0.2, 0) is 15.8 Å². The van der Waals surface area contributed by atoms with Crippen LogP contribution in [0.4, 0.5) is 18.9 Å². The van der Waals surface area contributed by atoms with E-state index in [1.807, 2.05) is 0 Å². The molecule has 0 aliphatic carbocycles. The van der Waals surface area contributed by atoms with Gasteiger partial charge in [-0.05, 0) is 36.8 Å². The normalized spacial score (nSPS) is 15.9. The average molecular weight is 475 g/mol. The van der Waals surface area contributed by atoms with Crippen LogP contribution in [0.3, 0.4) is 0 Å². The Morgan fingerprint density at radius 2 is 2.10 bits per heavy atom. The quantitative estimate of drug-likeness (QED) is 0.438. The first-order valence-corrected chi connectivity index (χ1v) is 10.2. The van der Waals surface area contributed by atoms with E-state index in [-0.39, 0.29) is 31.0 Å². The maximum Gasteiger partial charge on any atom is 0.417 e. The summed E-state index contributed by atoms with van der Waals surface area (Å²) in [5.74, 6) is -0.243. The molecule has 0 radical (unpaired) electrons. The summed E-state index contributed by atoms with van der Waals surface area (Å²) in [5.41, 5.74) is -1.04. The van der Waals surface area contributed by atoms with Gasteiger partial charge in [0.25, 0.3) is 5.91 Å². The molecule has 0 bridgehead atoms. The monoisotopic (exact) mass is 474 g/mol. The van der Waals surface area contributed by atoms with Gasteiger partial charge in [-0.15, -0.1) is 0 Å². The van der Waals surface area contributed by atoms with Crippen molar-refractivity contribution in [1.29, 1.82) is 0 Å². The Morgan fingerprint density at radius 3 is 2.77 bits per heavy atom. The van der Waals surface area contributed by atoms with Gasteiger partial charge in [0.15, 0.2) is 0 Å². The smallest absolute Gasteiger partial charge is 0.417 e. The third kappa shape index (κ3) is 5.44. The van der Waals surface area contributed by atoms with Gasteiger partial charge in [-0.3, -0.25) is 14.5 Å². The fourth-order valence-electron chi connectivity index (χ4n) is 2.64. The molecule has 0 unspecified atom stereocenters. The fraction of sp³-hybridized carbons (Fsp3) is 0.211. The number of rotatable bonds is 6. The molecule has 1 aliphatic rings. The van der Waals surface area contributed by atoms with Crippen LogP contribution in [0.25, 0.3) is 6.08 Å². The van der Waals surface area contributed by atoms with Gasteiger partial charge in [-0.2, -0.15) is 13.2 Å². The third-order valence-corrected chi connectivity index (χ3v) is 5.74. The molecule has 0 saturated carbocycles. The van der Waals surface area contributed by atoms with Crippen LogP contribution in [-0.4, -0.2) is 27.6 Å². The molecule has 1 aromatic carbocycles. The molecule has 30 heavy (non-hydrogen) atoms. The maximum atomic E-state index is 12.9. The highest BCUT2D eigenvalue weighted by molar-refractivity contribution is 8.26. The molecule has 1 aromatic heterocycles. The van der Waals surface area contributed by atoms with Gasteiger partial charge in [0, 0.05) is 24.7 Å². The lowest BCUT2D eigenvalue weighted by atomic mass is 10.2. The molecule has 2 aromatic rings. The number of benzene rings is 1. The summed E-state index contributed by atoms with van der Waals surface area (Å²) in [5, 5.41) is 1.96. The van der Waals surface area contributed by atoms with Crippen molar-refractivity contribution in [1.82, 2.24) is 4.90 Å². The summed E-state index contributed by atoms with van der Waals surface area (Å²) in [6.45, 7) is 0.210. The van der Waals surface area contributed by atoms with Crippen LogP contribution in [0, 0.1) is 0 Å². The summed E-state index contributed by atoms with van der Waals surface area (Å²) in [4.78, 5) is 26.3. The Bertz CT molecular complexity index is 1010. The number of hydrogen-bond donors (Lipinski definition) is 1. The number of halogens is 4. The van der Waals surface area contributed by atoms with E-state index in [0.717, 1.165) is 23.9 Å². The number of thioether (sulfide) groups is 1. The molecule has 11 heteroatoms. The van der Waals surface area contributed by atoms with E-state index in [1.165, 1.54) is 17.2 Å². The van der Waals surface area contributed by atoms with Crippen molar-refractivity contribution in [2.24, 2.45) is 0 Å². The van der Waals surface area contributed by atoms with Crippen LogP contribution in [0.2, 0.25) is 5.02 Å². The number of carbonyl (C=O) groups is 2. The SMILES string of the molecule is O=C(CCCN1C(=O)/C(=C/c2ccco2)SC1=S)Nc1ccc(Cl)c(C(F)(F)F)c1. The number of furan rings is 1. The van der Waals surface area contributed by atoms with Gasteiger partial charge in [0.1, 0.15) is 10.1 Å². The first kappa shape index (κ1) is 22.4. The predicted molar refractivity (Wildman–Crippen MR) is 113 cm³/mol. The molecule has 2 amide bonds. The second-order valence-electron chi connectivity index (χ2n) is 6.19. The zero-order chi connectivity index (χ0) is 21.9. The van der Waals surface area contributed by atoms with Gasteiger partial charge in [0.2, 0.25) is 5.91 Å². The van der Waals surface area contributed by atoms with E-state index < -0.39 is 22.7 Å². The highest BCUT2D eigenvalue weighted by Crippen LogP contribution is 2.36. The van der Waals surface area contributed by atoms with Crippen molar-refractivity contribution < 1.29 is 27.2 Å². The summed E-state index contributed by atoms with van der Waals surface area (Å²) in [7, 11) is 0. The van der Waals surface area contributed by atoms with E-state index in [4.69, 9.17) is 28.2 Å². The Hall–Kier alpha value is -2.30. The van der Waals surface area contributed by atoms with Crippen LogP contribution in [0.15, 0.2) is 45.9 Å². The number of alkyl halides is 3. The average Bonchev–Trinajstić information content (AvgIpc) is 3.26. The molecule has 0 atom stereocenters. The van der Waals surface area contributed by atoms with Crippen molar-refractivity contribution in [2.75, 3.05) is 11.9 Å². The van der Waals surface area contributed by atoms with Crippen LogP contribution < -0.4 is 5.32 Å². The van der Waals surface area contributed by atoms with Crippen molar-refractivity contribution in [3.05, 3.63) is 57.8 Å². The van der Waals surface area contributed by atoms with Crippen molar-refractivity contribution in [3.63, 3.8) is 0 Å². The molecule has 3 rings (SSSR count). The molecule has 1 aliphatic heterocycles. The zero-order valence-corrected chi connectivity index (χ0v) is 17.6. The second kappa shape index (κ2) is 9.23. The topological polar surface area (TPSA) is 62.6 Å². The van der Waals surface area contributed by atoms with E-state index in [2.05, 4.69) is 5.32 Å². The van der Waals surface area contributed by atoms with Gasteiger partial charge >= 0.3 is 6.18 Å². The van der Waals surface area contributed by atoms with E-state index >= 15 is 0 Å². The molecule has 2 heterocycles. The van der Waals surface area contributed by atoms with Gasteiger partial charge in [-0.25, -0.2) is 0 Å². The third-order valence-electron chi connectivity index (χ3n) is 4.03. The van der Waals surface area contributed by atoms with E-state index in [0.29, 0.717) is 15.0 Å². The number of amides is 2. The largest absolute Gasteiger partial charge is 0.465 e. The van der Waals surface area contributed by atoms with Crippen molar-refractivity contribution >= 4 is 63.5 Å². The first-order valence-electron chi connectivity index (χ1n) is 8.60.